The highest BCUT2D eigenvalue weighted by Gasteiger charge is 2.21. The highest BCUT2D eigenvalue weighted by Crippen LogP contribution is 2.15. The summed E-state index contributed by atoms with van der Waals surface area (Å²) in [4.78, 5) is 11.8. The number of carbonyl (C=O) groups excluding carboxylic acids is 1. The number of esters is 1. The van der Waals surface area contributed by atoms with Gasteiger partial charge in [-0.3, -0.25) is 0 Å². The first-order valence-electron chi connectivity index (χ1n) is 5.99. The van der Waals surface area contributed by atoms with E-state index in [1.54, 1.807) is 19.1 Å². The van der Waals surface area contributed by atoms with Crippen LogP contribution >= 0.6 is 12.6 Å². The zero-order chi connectivity index (χ0) is 13.5. The topological polar surface area (TPSA) is 64.3 Å². The van der Waals surface area contributed by atoms with Crippen molar-refractivity contribution in [1.29, 1.82) is 0 Å². The van der Waals surface area contributed by atoms with Gasteiger partial charge in [0.2, 0.25) is 0 Å². The zero-order valence-corrected chi connectivity index (χ0v) is 11.6. The van der Waals surface area contributed by atoms with Crippen molar-refractivity contribution < 1.29 is 9.53 Å². The van der Waals surface area contributed by atoms with Crippen LogP contribution in [0, 0.1) is 0 Å². The lowest BCUT2D eigenvalue weighted by Crippen LogP contribution is -2.33. The fourth-order valence-corrected chi connectivity index (χ4v) is 1.79. The van der Waals surface area contributed by atoms with E-state index >= 15 is 0 Å². The molecule has 2 unspecified atom stereocenters. The summed E-state index contributed by atoms with van der Waals surface area (Å²) < 4.78 is 5.04. The normalized spacial score (nSPS) is 13.7. The van der Waals surface area contributed by atoms with Gasteiger partial charge in [-0.1, -0.05) is 6.92 Å². The molecule has 0 radical (unpaired) electrons. The molecule has 18 heavy (non-hydrogen) atoms. The predicted molar refractivity (Wildman–Crippen MR) is 78.0 cm³/mol. The van der Waals surface area contributed by atoms with Gasteiger partial charge in [0, 0.05) is 16.6 Å². The first kappa shape index (κ1) is 14.7. The molecule has 3 N–H and O–H groups in total. The van der Waals surface area contributed by atoms with Crippen molar-refractivity contribution in [3.63, 3.8) is 0 Å². The number of hydrogen-bond acceptors (Lipinski definition) is 5. The molecule has 0 saturated heterocycles. The molecule has 4 nitrogen and oxygen atoms in total. The number of carbonyl (C=O) groups is 1. The average molecular weight is 268 g/mol. The summed E-state index contributed by atoms with van der Waals surface area (Å²) in [6.45, 7) is 4.11. The minimum Gasteiger partial charge on any atom is -0.464 e. The fourth-order valence-electron chi connectivity index (χ4n) is 1.58. The summed E-state index contributed by atoms with van der Waals surface area (Å²) in [7, 11) is 0. The first-order valence-corrected chi connectivity index (χ1v) is 6.51. The molecule has 0 spiro atoms. The van der Waals surface area contributed by atoms with E-state index in [0.29, 0.717) is 18.7 Å². The standard InChI is InChI=1S/C13H20N2O2S/c1-3-17-13(16)12(8-9(2)18)15-11-6-4-10(14)5-7-11/h4-7,9,12,15,18H,3,8,14H2,1-2H3. The third kappa shape index (κ3) is 4.87. The van der Waals surface area contributed by atoms with Crippen LogP contribution < -0.4 is 11.1 Å². The van der Waals surface area contributed by atoms with Crippen LogP contribution in [0.5, 0.6) is 0 Å². The van der Waals surface area contributed by atoms with Gasteiger partial charge in [-0.25, -0.2) is 4.79 Å². The van der Waals surface area contributed by atoms with E-state index in [4.69, 9.17) is 10.5 Å². The van der Waals surface area contributed by atoms with Crippen molar-refractivity contribution in [2.24, 2.45) is 0 Å². The van der Waals surface area contributed by atoms with Crippen LogP contribution in [0.15, 0.2) is 24.3 Å². The number of nitrogen functional groups attached to an aromatic ring is 1. The minimum absolute atomic E-state index is 0.112. The Morgan fingerprint density at radius 2 is 2.06 bits per heavy atom. The Hall–Kier alpha value is -1.36. The van der Waals surface area contributed by atoms with Crippen molar-refractivity contribution >= 4 is 30.0 Å². The second-order valence-electron chi connectivity index (χ2n) is 4.16. The Morgan fingerprint density at radius 1 is 1.44 bits per heavy atom. The SMILES string of the molecule is CCOC(=O)C(CC(C)S)Nc1ccc(N)cc1. The molecular weight excluding hydrogens is 248 g/mol. The van der Waals surface area contributed by atoms with Gasteiger partial charge in [0.05, 0.1) is 6.61 Å². The Bertz CT molecular complexity index is 379. The van der Waals surface area contributed by atoms with Gasteiger partial charge in [-0.05, 0) is 37.6 Å². The molecule has 1 aromatic rings. The van der Waals surface area contributed by atoms with Crippen LogP contribution in [0.3, 0.4) is 0 Å². The third-order valence-corrected chi connectivity index (χ3v) is 2.61. The molecular formula is C13H20N2O2S. The minimum atomic E-state index is -0.388. The molecule has 0 amide bonds. The van der Waals surface area contributed by atoms with Crippen molar-refractivity contribution in [3.05, 3.63) is 24.3 Å². The van der Waals surface area contributed by atoms with E-state index < -0.39 is 0 Å². The smallest absolute Gasteiger partial charge is 0.328 e. The molecule has 0 bridgehead atoms. The summed E-state index contributed by atoms with van der Waals surface area (Å²) in [5.41, 5.74) is 7.15. The van der Waals surface area contributed by atoms with Gasteiger partial charge >= 0.3 is 5.97 Å². The number of anilines is 2. The maximum Gasteiger partial charge on any atom is 0.328 e. The molecule has 0 aromatic heterocycles. The lowest BCUT2D eigenvalue weighted by Gasteiger charge is -2.19. The van der Waals surface area contributed by atoms with Gasteiger partial charge < -0.3 is 15.8 Å². The lowest BCUT2D eigenvalue weighted by atomic mass is 10.1. The number of benzene rings is 1. The molecule has 5 heteroatoms. The van der Waals surface area contributed by atoms with Crippen molar-refractivity contribution in [2.45, 2.75) is 31.6 Å². The average Bonchev–Trinajstić information content (AvgIpc) is 2.31. The van der Waals surface area contributed by atoms with E-state index in [2.05, 4.69) is 17.9 Å². The van der Waals surface area contributed by atoms with E-state index in [9.17, 15) is 4.79 Å². The van der Waals surface area contributed by atoms with E-state index in [-0.39, 0.29) is 17.3 Å². The molecule has 100 valence electrons. The fraction of sp³-hybridized carbons (Fsp3) is 0.462. The van der Waals surface area contributed by atoms with Gasteiger partial charge in [-0.2, -0.15) is 12.6 Å². The van der Waals surface area contributed by atoms with Crippen molar-refractivity contribution in [1.82, 2.24) is 0 Å². The van der Waals surface area contributed by atoms with Gasteiger partial charge in [-0.15, -0.1) is 0 Å². The lowest BCUT2D eigenvalue weighted by molar-refractivity contribution is -0.144. The molecule has 0 aliphatic rings. The molecule has 0 heterocycles. The molecule has 0 aliphatic carbocycles. The van der Waals surface area contributed by atoms with E-state index in [1.807, 2.05) is 19.1 Å². The molecule has 0 saturated carbocycles. The Labute approximate surface area is 113 Å². The summed E-state index contributed by atoms with van der Waals surface area (Å²) in [5, 5.41) is 3.25. The maximum atomic E-state index is 11.8. The van der Waals surface area contributed by atoms with Crippen LogP contribution in [0.4, 0.5) is 11.4 Å². The Morgan fingerprint density at radius 3 is 2.56 bits per heavy atom. The number of thiol groups is 1. The summed E-state index contributed by atoms with van der Waals surface area (Å²) in [6.07, 6.45) is 0.603. The number of ether oxygens (including phenoxy) is 1. The second kappa shape index (κ2) is 7.16. The van der Waals surface area contributed by atoms with E-state index in [0.717, 1.165) is 5.69 Å². The quantitative estimate of drug-likeness (QED) is 0.421. The highest BCUT2D eigenvalue weighted by molar-refractivity contribution is 7.80. The summed E-state index contributed by atoms with van der Waals surface area (Å²) in [5.74, 6) is -0.254. The monoisotopic (exact) mass is 268 g/mol. The molecule has 0 aliphatic heterocycles. The second-order valence-corrected chi connectivity index (χ2v) is 5.04. The van der Waals surface area contributed by atoms with Crippen molar-refractivity contribution in [2.75, 3.05) is 17.7 Å². The number of nitrogens with two attached hydrogens (primary N) is 1. The van der Waals surface area contributed by atoms with Crippen LogP contribution in [-0.2, 0) is 9.53 Å². The maximum absolute atomic E-state index is 11.8. The van der Waals surface area contributed by atoms with Gasteiger partial charge in [0.25, 0.3) is 0 Å². The van der Waals surface area contributed by atoms with Crippen LogP contribution in [0.25, 0.3) is 0 Å². The van der Waals surface area contributed by atoms with Crippen LogP contribution in [0.1, 0.15) is 20.3 Å². The first-order chi connectivity index (χ1) is 8.52. The zero-order valence-electron chi connectivity index (χ0n) is 10.7. The number of nitrogens with one attached hydrogen (secondary N) is 1. The number of hydrogen-bond donors (Lipinski definition) is 3. The third-order valence-electron chi connectivity index (χ3n) is 2.40. The molecule has 0 fully saturated rings. The Balaban J connectivity index is 2.71. The summed E-state index contributed by atoms with van der Waals surface area (Å²) in [6, 6.07) is 6.86. The molecule has 2 atom stereocenters. The van der Waals surface area contributed by atoms with Crippen molar-refractivity contribution in [3.8, 4) is 0 Å². The summed E-state index contributed by atoms with van der Waals surface area (Å²) >= 11 is 4.32. The van der Waals surface area contributed by atoms with Gasteiger partial charge in [0.15, 0.2) is 0 Å². The van der Waals surface area contributed by atoms with Crippen LogP contribution in [-0.4, -0.2) is 23.9 Å². The van der Waals surface area contributed by atoms with Gasteiger partial charge in [0.1, 0.15) is 6.04 Å². The van der Waals surface area contributed by atoms with Crippen LogP contribution in [0.2, 0.25) is 0 Å². The highest BCUT2D eigenvalue weighted by atomic mass is 32.1. The van der Waals surface area contributed by atoms with E-state index in [1.165, 1.54) is 0 Å². The molecule has 1 rings (SSSR count). The molecule has 1 aromatic carbocycles. The Kier molecular flexibility index (Phi) is 5.85. The predicted octanol–water partition coefficient (Wildman–Crippen LogP) is 2.32. The largest absolute Gasteiger partial charge is 0.464 e. The number of rotatable bonds is 6.